The fourth-order valence-corrected chi connectivity index (χ4v) is 1.95. The first kappa shape index (κ1) is 12.8. The van der Waals surface area contributed by atoms with Gasteiger partial charge in [0.1, 0.15) is 0 Å². The van der Waals surface area contributed by atoms with Crippen LogP contribution in [0.1, 0.15) is 20.8 Å². The van der Waals surface area contributed by atoms with Gasteiger partial charge in [-0.2, -0.15) is 5.10 Å². The molecule has 104 valence electrons. The maximum absolute atomic E-state index is 12.2. The largest absolute Gasteiger partial charge is 0.478 e. The first-order valence-electron chi connectivity index (χ1n) is 6.09. The van der Waals surface area contributed by atoms with Gasteiger partial charge in [0.2, 0.25) is 0 Å². The highest BCUT2D eigenvalue weighted by atomic mass is 16.4. The van der Waals surface area contributed by atoms with Crippen molar-refractivity contribution in [2.45, 2.75) is 0 Å². The standard InChI is InChI=1S/C14H10N4O3/c19-13(11-10-5-2-6-15-12(10)18-17-11)16-9-4-1-3-8(7-9)14(20)21/h1-7H,(H,16,19)(H,20,21)(H,15,17,18). The Morgan fingerprint density at radius 3 is 2.86 bits per heavy atom. The number of pyridine rings is 1. The van der Waals surface area contributed by atoms with E-state index in [9.17, 15) is 9.59 Å². The van der Waals surface area contributed by atoms with Gasteiger partial charge in [0.15, 0.2) is 11.3 Å². The van der Waals surface area contributed by atoms with E-state index in [1.54, 1.807) is 30.5 Å². The number of aromatic nitrogens is 3. The number of rotatable bonds is 3. The van der Waals surface area contributed by atoms with Crippen molar-refractivity contribution in [3.8, 4) is 0 Å². The highest BCUT2D eigenvalue weighted by molar-refractivity contribution is 6.10. The van der Waals surface area contributed by atoms with E-state index in [1.165, 1.54) is 12.1 Å². The lowest BCUT2D eigenvalue weighted by atomic mass is 10.2. The van der Waals surface area contributed by atoms with Gasteiger partial charge >= 0.3 is 5.97 Å². The van der Waals surface area contributed by atoms with E-state index in [4.69, 9.17) is 5.11 Å². The molecule has 7 nitrogen and oxygen atoms in total. The van der Waals surface area contributed by atoms with Gasteiger partial charge in [0.25, 0.3) is 5.91 Å². The predicted molar refractivity (Wildman–Crippen MR) is 75.2 cm³/mol. The number of amides is 1. The zero-order valence-corrected chi connectivity index (χ0v) is 10.7. The number of carboxylic acids is 1. The Balaban J connectivity index is 1.90. The Bertz CT molecular complexity index is 841. The number of nitrogens with zero attached hydrogens (tertiary/aromatic N) is 2. The second-order valence-electron chi connectivity index (χ2n) is 4.31. The number of carboxylic acid groups (broad SMARTS) is 1. The number of benzene rings is 1. The summed E-state index contributed by atoms with van der Waals surface area (Å²) < 4.78 is 0. The quantitative estimate of drug-likeness (QED) is 0.680. The third kappa shape index (κ3) is 2.44. The number of aromatic amines is 1. The lowest BCUT2D eigenvalue weighted by Gasteiger charge is -2.04. The number of H-pyrrole nitrogens is 1. The first-order valence-corrected chi connectivity index (χ1v) is 6.09. The number of carbonyl (C=O) groups is 2. The van der Waals surface area contributed by atoms with Crippen molar-refractivity contribution in [1.29, 1.82) is 0 Å². The van der Waals surface area contributed by atoms with Crippen LogP contribution in [0.25, 0.3) is 11.0 Å². The van der Waals surface area contributed by atoms with Crippen molar-refractivity contribution in [3.05, 3.63) is 53.9 Å². The molecule has 2 heterocycles. The van der Waals surface area contributed by atoms with Crippen LogP contribution in [0.5, 0.6) is 0 Å². The molecule has 3 aromatic rings. The molecule has 0 aliphatic rings. The summed E-state index contributed by atoms with van der Waals surface area (Å²) in [6.07, 6.45) is 1.60. The van der Waals surface area contributed by atoms with Crippen molar-refractivity contribution in [1.82, 2.24) is 15.2 Å². The summed E-state index contributed by atoms with van der Waals surface area (Å²) in [5, 5.41) is 18.8. The smallest absolute Gasteiger partial charge is 0.335 e. The second-order valence-corrected chi connectivity index (χ2v) is 4.31. The van der Waals surface area contributed by atoms with Crippen LogP contribution in [0, 0.1) is 0 Å². The summed E-state index contributed by atoms with van der Waals surface area (Å²) >= 11 is 0. The fraction of sp³-hybridized carbons (Fsp3) is 0. The fourth-order valence-electron chi connectivity index (χ4n) is 1.95. The Morgan fingerprint density at radius 1 is 1.19 bits per heavy atom. The minimum atomic E-state index is -1.06. The molecule has 7 heteroatoms. The van der Waals surface area contributed by atoms with E-state index in [0.29, 0.717) is 16.7 Å². The summed E-state index contributed by atoms with van der Waals surface area (Å²) in [5.74, 6) is -1.49. The molecule has 0 saturated heterocycles. The summed E-state index contributed by atoms with van der Waals surface area (Å²) in [5.41, 5.74) is 1.21. The summed E-state index contributed by atoms with van der Waals surface area (Å²) in [4.78, 5) is 27.2. The Labute approximate surface area is 118 Å². The average molecular weight is 282 g/mol. The van der Waals surface area contributed by atoms with Gasteiger partial charge in [-0.25, -0.2) is 9.78 Å². The van der Waals surface area contributed by atoms with Gasteiger partial charge in [-0.05, 0) is 30.3 Å². The highest BCUT2D eigenvalue weighted by Gasteiger charge is 2.15. The minimum absolute atomic E-state index is 0.0985. The zero-order valence-electron chi connectivity index (χ0n) is 10.7. The van der Waals surface area contributed by atoms with Crippen molar-refractivity contribution in [3.63, 3.8) is 0 Å². The highest BCUT2D eigenvalue weighted by Crippen LogP contribution is 2.16. The molecule has 0 atom stereocenters. The molecule has 0 unspecified atom stereocenters. The van der Waals surface area contributed by atoms with Gasteiger partial charge in [-0.1, -0.05) is 6.07 Å². The maximum Gasteiger partial charge on any atom is 0.335 e. The molecule has 0 aliphatic carbocycles. The summed E-state index contributed by atoms with van der Waals surface area (Å²) in [7, 11) is 0. The van der Waals surface area contributed by atoms with Gasteiger partial charge < -0.3 is 10.4 Å². The molecule has 2 aromatic heterocycles. The monoisotopic (exact) mass is 282 g/mol. The van der Waals surface area contributed by atoms with Gasteiger partial charge in [0, 0.05) is 11.9 Å². The van der Waals surface area contributed by atoms with Gasteiger partial charge in [-0.15, -0.1) is 0 Å². The molecule has 0 bridgehead atoms. The lowest BCUT2D eigenvalue weighted by Crippen LogP contribution is -2.13. The van der Waals surface area contributed by atoms with Crippen LogP contribution in [0.15, 0.2) is 42.6 Å². The molecule has 0 radical (unpaired) electrons. The van der Waals surface area contributed by atoms with Crippen molar-refractivity contribution >= 4 is 28.6 Å². The number of nitrogens with one attached hydrogen (secondary N) is 2. The maximum atomic E-state index is 12.2. The van der Waals surface area contributed by atoms with Gasteiger partial charge in [-0.3, -0.25) is 9.89 Å². The van der Waals surface area contributed by atoms with Crippen LogP contribution >= 0.6 is 0 Å². The third-order valence-corrected chi connectivity index (χ3v) is 2.92. The van der Waals surface area contributed by atoms with E-state index >= 15 is 0 Å². The van der Waals surface area contributed by atoms with E-state index in [0.717, 1.165) is 0 Å². The van der Waals surface area contributed by atoms with Crippen LogP contribution in [0.3, 0.4) is 0 Å². The number of carbonyl (C=O) groups excluding carboxylic acids is 1. The Hall–Kier alpha value is -3.22. The molecule has 3 N–H and O–H groups in total. The van der Waals surface area contributed by atoms with Crippen LogP contribution in [-0.2, 0) is 0 Å². The molecule has 21 heavy (non-hydrogen) atoms. The molecule has 0 spiro atoms. The van der Waals surface area contributed by atoms with Crippen LogP contribution in [0.2, 0.25) is 0 Å². The van der Waals surface area contributed by atoms with Crippen LogP contribution in [-0.4, -0.2) is 32.2 Å². The van der Waals surface area contributed by atoms with Crippen molar-refractivity contribution in [2.75, 3.05) is 5.32 Å². The Kier molecular flexibility index (Phi) is 3.07. The predicted octanol–water partition coefficient (Wildman–Crippen LogP) is 1.91. The average Bonchev–Trinajstić information content (AvgIpc) is 2.91. The zero-order chi connectivity index (χ0) is 14.8. The molecule has 0 saturated carbocycles. The normalized spacial score (nSPS) is 10.5. The van der Waals surface area contributed by atoms with Crippen LogP contribution in [0.4, 0.5) is 5.69 Å². The molecule has 0 aliphatic heterocycles. The number of hydrogen-bond acceptors (Lipinski definition) is 4. The molecular weight excluding hydrogens is 272 g/mol. The molecule has 1 amide bonds. The van der Waals surface area contributed by atoms with E-state index in [-0.39, 0.29) is 11.3 Å². The minimum Gasteiger partial charge on any atom is -0.478 e. The molecule has 0 fully saturated rings. The van der Waals surface area contributed by atoms with Crippen molar-refractivity contribution in [2.24, 2.45) is 0 Å². The summed E-state index contributed by atoms with van der Waals surface area (Å²) in [6.45, 7) is 0. The first-order chi connectivity index (χ1) is 10.1. The van der Waals surface area contributed by atoms with Crippen LogP contribution < -0.4 is 5.32 Å². The van der Waals surface area contributed by atoms with E-state index in [2.05, 4.69) is 20.5 Å². The molecular formula is C14H10N4O3. The third-order valence-electron chi connectivity index (χ3n) is 2.92. The number of hydrogen-bond donors (Lipinski definition) is 3. The number of aromatic carboxylic acids is 1. The Morgan fingerprint density at radius 2 is 2.05 bits per heavy atom. The number of anilines is 1. The van der Waals surface area contributed by atoms with E-state index < -0.39 is 11.9 Å². The lowest BCUT2D eigenvalue weighted by molar-refractivity contribution is 0.0696. The SMILES string of the molecule is O=C(O)c1cccc(NC(=O)c2n[nH]c3ncccc23)c1. The molecule has 1 aromatic carbocycles. The number of fused-ring (bicyclic) bond motifs is 1. The molecule has 3 rings (SSSR count). The topological polar surface area (TPSA) is 108 Å². The summed E-state index contributed by atoms with van der Waals surface area (Å²) in [6, 6.07) is 9.44. The second kappa shape index (κ2) is 5.04. The van der Waals surface area contributed by atoms with Crippen molar-refractivity contribution < 1.29 is 14.7 Å². The van der Waals surface area contributed by atoms with Gasteiger partial charge in [0.05, 0.1) is 10.9 Å². The van der Waals surface area contributed by atoms with E-state index in [1.807, 2.05) is 0 Å².